The van der Waals surface area contributed by atoms with E-state index in [1.54, 1.807) is 4.90 Å². The van der Waals surface area contributed by atoms with Gasteiger partial charge in [-0.2, -0.15) is 0 Å². The molecule has 16 heavy (non-hydrogen) atoms. The Morgan fingerprint density at radius 3 is 3.12 bits per heavy atom. The van der Waals surface area contributed by atoms with Gasteiger partial charge in [-0.05, 0) is 12.8 Å². The van der Waals surface area contributed by atoms with Crippen molar-refractivity contribution < 1.29 is 19.0 Å². The highest BCUT2D eigenvalue weighted by molar-refractivity contribution is 5.68. The summed E-state index contributed by atoms with van der Waals surface area (Å²) in [5, 5.41) is 0. The van der Waals surface area contributed by atoms with Crippen LogP contribution >= 0.6 is 0 Å². The third-order valence-electron chi connectivity index (χ3n) is 2.22. The highest BCUT2D eigenvalue weighted by Crippen LogP contribution is 2.11. The highest BCUT2D eigenvalue weighted by Gasteiger charge is 2.18. The van der Waals surface area contributed by atoms with Crippen LogP contribution in [0, 0.1) is 0 Å². The van der Waals surface area contributed by atoms with E-state index in [0.717, 1.165) is 12.8 Å². The first-order chi connectivity index (χ1) is 7.86. The third-order valence-corrected chi connectivity index (χ3v) is 2.22. The zero-order valence-electron chi connectivity index (χ0n) is 8.80. The fourth-order valence-corrected chi connectivity index (χ4v) is 1.42. The molecule has 0 atom stereocenters. The molecular formula is C11H13NO4. The summed E-state index contributed by atoms with van der Waals surface area (Å²) < 4.78 is 14.8. The van der Waals surface area contributed by atoms with Gasteiger partial charge in [-0.1, -0.05) is 12.2 Å². The van der Waals surface area contributed by atoms with Gasteiger partial charge in [-0.15, -0.1) is 0 Å². The Bertz CT molecular complexity index is 346. The van der Waals surface area contributed by atoms with Crippen LogP contribution in [-0.2, 0) is 14.2 Å². The third kappa shape index (κ3) is 2.79. The van der Waals surface area contributed by atoms with Crippen LogP contribution in [0.1, 0.15) is 12.8 Å². The van der Waals surface area contributed by atoms with Crippen LogP contribution in [0.4, 0.5) is 4.79 Å². The van der Waals surface area contributed by atoms with Gasteiger partial charge in [0.25, 0.3) is 0 Å². The van der Waals surface area contributed by atoms with Crippen LogP contribution < -0.4 is 0 Å². The van der Waals surface area contributed by atoms with Gasteiger partial charge >= 0.3 is 12.0 Å². The number of carbonyl (C=O) groups is 1. The lowest BCUT2D eigenvalue weighted by Crippen LogP contribution is -2.32. The molecular weight excluding hydrogens is 210 g/mol. The van der Waals surface area contributed by atoms with E-state index in [1.807, 2.05) is 6.08 Å². The van der Waals surface area contributed by atoms with Crippen LogP contribution in [0.3, 0.4) is 0 Å². The number of nitrogens with zero attached hydrogens (tertiary/aromatic N) is 1. The second kappa shape index (κ2) is 5.25. The zero-order valence-corrected chi connectivity index (χ0v) is 8.80. The minimum Gasteiger partial charge on any atom is -0.462 e. The zero-order chi connectivity index (χ0) is 11.2. The van der Waals surface area contributed by atoms with Gasteiger partial charge in [0.2, 0.25) is 0 Å². The van der Waals surface area contributed by atoms with Gasteiger partial charge in [-0.3, -0.25) is 0 Å². The molecule has 86 valence electrons. The molecule has 5 nitrogen and oxygen atoms in total. The van der Waals surface area contributed by atoms with Crippen LogP contribution in [0.2, 0.25) is 0 Å². The number of carbonyl (C=O) groups excluding carboxylic acids is 1. The van der Waals surface area contributed by atoms with Gasteiger partial charge in [0.15, 0.2) is 6.26 Å². The summed E-state index contributed by atoms with van der Waals surface area (Å²) >= 11 is 0. The van der Waals surface area contributed by atoms with E-state index in [1.165, 1.54) is 18.8 Å². The summed E-state index contributed by atoms with van der Waals surface area (Å²) in [7, 11) is 0. The van der Waals surface area contributed by atoms with Crippen LogP contribution in [0.15, 0.2) is 36.9 Å². The van der Waals surface area contributed by atoms with E-state index in [2.05, 4.69) is 6.08 Å². The molecule has 0 saturated heterocycles. The molecule has 0 aromatic carbocycles. The lowest BCUT2D eigenvalue weighted by molar-refractivity contribution is 0.0656. The Kier molecular flexibility index (Phi) is 3.48. The largest absolute Gasteiger partial charge is 0.462 e. The Morgan fingerprint density at radius 1 is 1.38 bits per heavy atom. The first-order valence-corrected chi connectivity index (χ1v) is 5.15. The van der Waals surface area contributed by atoms with Crippen LogP contribution in [-0.4, -0.2) is 24.1 Å². The molecule has 0 N–H and O–H groups in total. The fraction of sp³-hybridized carbons (Fsp3) is 0.364. The molecule has 0 radical (unpaired) electrons. The minimum atomic E-state index is -0.420. The second-order valence-electron chi connectivity index (χ2n) is 3.39. The van der Waals surface area contributed by atoms with Crippen molar-refractivity contribution in [3.05, 3.63) is 36.9 Å². The number of rotatable bonds is 1. The maximum Gasteiger partial charge on any atom is 0.418 e. The normalized spacial score (nSPS) is 19.2. The number of hydrogen-bond acceptors (Lipinski definition) is 4. The highest BCUT2D eigenvalue weighted by atomic mass is 16.7. The number of amides is 1. The molecule has 1 amide bonds. The molecule has 0 bridgehead atoms. The van der Waals surface area contributed by atoms with E-state index in [9.17, 15) is 4.79 Å². The molecule has 0 spiro atoms. The lowest BCUT2D eigenvalue weighted by Gasteiger charge is -2.19. The minimum absolute atomic E-state index is 0.0562. The smallest absolute Gasteiger partial charge is 0.418 e. The molecule has 2 aliphatic heterocycles. The van der Waals surface area contributed by atoms with E-state index in [4.69, 9.17) is 14.2 Å². The predicted molar refractivity (Wildman–Crippen MR) is 55.8 cm³/mol. The van der Waals surface area contributed by atoms with Crippen molar-refractivity contribution in [3.63, 3.8) is 0 Å². The molecule has 0 fully saturated rings. The monoisotopic (exact) mass is 223 g/mol. The molecule has 0 aromatic heterocycles. The SMILES string of the molecule is O=C(OC1=COC=CO1)N1CC=CCCC1. The predicted octanol–water partition coefficient (Wildman–Crippen LogP) is 2.09. The van der Waals surface area contributed by atoms with Crippen molar-refractivity contribution in [3.8, 4) is 0 Å². The molecule has 0 saturated carbocycles. The average Bonchev–Trinajstić information content (AvgIpc) is 2.59. The Labute approximate surface area is 93.6 Å². The Hall–Kier alpha value is -1.91. The van der Waals surface area contributed by atoms with E-state index in [-0.39, 0.29) is 5.95 Å². The molecule has 2 rings (SSSR count). The summed E-state index contributed by atoms with van der Waals surface area (Å²) in [6, 6.07) is 0. The summed E-state index contributed by atoms with van der Waals surface area (Å²) in [4.78, 5) is 13.3. The average molecular weight is 223 g/mol. The van der Waals surface area contributed by atoms with Gasteiger partial charge in [0, 0.05) is 13.1 Å². The summed E-state index contributed by atoms with van der Waals surface area (Å²) in [5.74, 6) is 0.0562. The quantitative estimate of drug-likeness (QED) is 0.638. The van der Waals surface area contributed by atoms with E-state index in [0.29, 0.717) is 13.1 Å². The first kappa shape index (κ1) is 10.6. The molecule has 2 heterocycles. The van der Waals surface area contributed by atoms with Gasteiger partial charge in [0.05, 0.1) is 0 Å². The number of allylic oxidation sites excluding steroid dienone is 1. The first-order valence-electron chi connectivity index (χ1n) is 5.15. The van der Waals surface area contributed by atoms with Crippen molar-refractivity contribution in [1.29, 1.82) is 0 Å². The second-order valence-corrected chi connectivity index (χ2v) is 3.39. The number of ether oxygens (including phenoxy) is 3. The standard InChI is InChI=1S/C11H13NO4/c13-11(12-5-3-1-2-4-6-12)16-10-9-14-7-8-15-10/h1,3,7-9H,2,4-6H2. The van der Waals surface area contributed by atoms with Crippen molar-refractivity contribution >= 4 is 6.09 Å². The van der Waals surface area contributed by atoms with Crippen molar-refractivity contribution in [2.75, 3.05) is 13.1 Å². The maximum atomic E-state index is 11.7. The Morgan fingerprint density at radius 2 is 2.31 bits per heavy atom. The summed E-state index contributed by atoms with van der Waals surface area (Å²) in [6.45, 7) is 1.26. The van der Waals surface area contributed by atoms with Crippen molar-refractivity contribution in [1.82, 2.24) is 4.90 Å². The van der Waals surface area contributed by atoms with E-state index >= 15 is 0 Å². The van der Waals surface area contributed by atoms with Gasteiger partial charge < -0.3 is 19.1 Å². The number of hydrogen-bond donors (Lipinski definition) is 0. The fourth-order valence-electron chi connectivity index (χ4n) is 1.42. The van der Waals surface area contributed by atoms with Crippen LogP contribution in [0.25, 0.3) is 0 Å². The molecule has 0 aliphatic carbocycles. The summed E-state index contributed by atoms with van der Waals surface area (Å²) in [5.41, 5.74) is 0. The van der Waals surface area contributed by atoms with Gasteiger partial charge in [-0.25, -0.2) is 4.79 Å². The molecule has 2 aliphatic rings. The van der Waals surface area contributed by atoms with Crippen molar-refractivity contribution in [2.24, 2.45) is 0 Å². The van der Waals surface area contributed by atoms with Gasteiger partial charge in [0.1, 0.15) is 12.5 Å². The maximum absolute atomic E-state index is 11.7. The topological polar surface area (TPSA) is 48.0 Å². The Balaban J connectivity index is 1.86. The molecule has 0 aromatic rings. The molecule has 5 heteroatoms. The lowest BCUT2D eigenvalue weighted by atomic mass is 10.3. The summed E-state index contributed by atoms with van der Waals surface area (Å²) in [6.07, 6.45) is 9.45. The van der Waals surface area contributed by atoms with Crippen molar-refractivity contribution in [2.45, 2.75) is 12.8 Å². The molecule has 0 unspecified atom stereocenters. The van der Waals surface area contributed by atoms with E-state index < -0.39 is 6.09 Å². The van der Waals surface area contributed by atoms with Crippen LogP contribution in [0.5, 0.6) is 0 Å².